The summed E-state index contributed by atoms with van der Waals surface area (Å²) in [4.78, 5) is 16.3. The molecule has 0 bridgehead atoms. The van der Waals surface area contributed by atoms with Crippen LogP contribution in [0.3, 0.4) is 0 Å². The fourth-order valence-electron chi connectivity index (χ4n) is 2.29. The highest BCUT2D eigenvalue weighted by molar-refractivity contribution is 5.96. The zero-order valence-electron chi connectivity index (χ0n) is 9.77. The summed E-state index contributed by atoms with van der Waals surface area (Å²) >= 11 is 0. The van der Waals surface area contributed by atoms with Crippen LogP contribution in [0.15, 0.2) is 41.3 Å². The van der Waals surface area contributed by atoms with Gasteiger partial charge in [-0.2, -0.15) is 0 Å². The molecule has 0 saturated heterocycles. The minimum Gasteiger partial charge on any atom is -0.269 e. The third-order valence-electron chi connectivity index (χ3n) is 3.30. The zero-order valence-corrected chi connectivity index (χ0v) is 9.77. The van der Waals surface area contributed by atoms with Crippen molar-refractivity contribution in [2.24, 2.45) is 0 Å². The van der Waals surface area contributed by atoms with Gasteiger partial charge in [0, 0.05) is 23.3 Å². The largest absolute Gasteiger partial charge is 0.269 e. The van der Waals surface area contributed by atoms with Crippen LogP contribution in [0.5, 0.6) is 0 Å². The molecule has 0 aliphatic rings. The molecule has 3 aromatic rings. The van der Waals surface area contributed by atoms with E-state index >= 15 is 0 Å². The van der Waals surface area contributed by atoms with Gasteiger partial charge in [0.15, 0.2) is 0 Å². The Morgan fingerprint density at radius 3 is 2.53 bits per heavy atom. The van der Waals surface area contributed by atoms with Crippen LogP contribution in [0.1, 0.15) is 11.3 Å². The van der Waals surface area contributed by atoms with E-state index in [9.17, 15) is 4.79 Å². The first-order valence-electron chi connectivity index (χ1n) is 5.56. The van der Waals surface area contributed by atoms with Gasteiger partial charge >= 0.3 is 0 Å². The molecule has 0 saturated carbocycles. The molecule has 0 spiro atoms. The highest BCUT2D eigenvalue weighted by Gasteiger charge is 2.09. The van der Waals surface area contributed by atoms with E-state index in [-0.39, 0.29) is 5.56 Å². The number of aryl methyl sites for hydroxylation is 2. The molecule has 0 atom stereocenters. The van der Waals surface area contributed by atoms with Crippen molar-refractivity contribution in [2.45, 2.75) is 13.8 Å². The quantitative estimate of drug-likeness (QED) is 0.550. The van der Waals surface area contributed by atoms with Gasteiger partial charge < -0.3 is 0 Å². The van der Waals surface area contributed by atoms with Crippen LogP contribution in [0.25, 0.3) is 16.4 Å². The van der Waals surface area contributed by atoms with Gasteiger partial charge in [0.05, 0.1) is 0 Å². The molecule has 3 nitrogen and oxygen atoms in total. The predicted molar refractivity (Wildman–Crippen MR) is 68.4 cm³/mol. The fraction of sp³-hybridized carbons (Fsp3) is 0.143. The predicted octanol–water partition coefficient (Wildman–Crippen LogP) is 2.46. The van der Waals surface area contributed by atoms with Crippen LogP contribution in [-0.4, -0.2) is 9.38 Å². The smallest absolute Gasteiger partial charge is 0.258 e. The van der Waals surface area contributed by atoms with Crippen molar-refractivity contribution in [1.82, 2.24) is 9.38 Å². The number of aromatic nitrogens is 2. The lowest BCUT2D eigenvalue weighted by Crippen LogP contribution is -2.16. The Bertz CT molecular complexity index is 787. The van der Waals surface area contributed by atoms with E-state index in [1.165, 1.54) is 6.07 Å². The number of fused-ring (bicyclic) bond motifs is 3. The molecule has 0 N–H and O–H groups in total. The molecule has 0 aliphatic heterocycles. The molecule has 2 heterocycles. The van der Waals surface area contributed by atoms with Crippen LogP contribution >= 0.6 is 0 Å². The van der Waals surface area contributed by atoms with Gasteiger partial charge in [-0.1, -0.05) is 24.3 Å². The highest BCUT2D eigenvalue weighted by Crippen LogP contribution is 2.23. The number of nitrogens with zero attached hydrogens (tertiary/aromatic N) is 2. The Labute approximate surface area is 98.4 Å². The minimum atomic E-state index is -0.0265. The molecule has 17 heavy (non-hydrogen) atoms. The van der Waals surface area contributed by atoms with Crippen molar-refractivity contribution in [3.63, 3.8) is 0 Å². The Morgan fingerprint density at radius 1 is 1.06 bits per heavy atom. The summed E-state index contributed by atoms with van der Waals surface area (Å²) < 4.78 is 1.68. The standard InChI is InChI=1S/C14H12N2O/c1-9-10(2)16-13(17)7-8-15-14(16)12-6-4-3-5-11(9)12/h3-8H,1-2H3. The molecular weight excluding hydrogens is 212 g/mol. The number of pyridine rings is 1. The van der Waals surface area contributed by atoms with Crippen LogP contribution in [-0.2, 0) is 0 Å². The third-order valence-corrected chi connectivity index (χ3v) is 3.30. The maximum atomic E-state index is 11.9. The van der Waals surface area contributed by atoms with Crippen LogP contribution in [0.4, 0.5) is 0 Å². The van der Waals surface area contributed by atoms with E-state index in [4.69, 9.17) is 0 Å². The number of hydrogen-bond donors (Lipinski definition) is 0. The van der Waals surface area contributed by atoms with Crippen molar-refractivity contribution in [1.29, 1.82) is 0 Å². The molecule has 0 aliphatic carbocycles. The maximum absolute atomic E-state index is 11.9. The summed E-state index contributed by atoms with van der Waals surface area (Å²) in [6.07, 6.45) is 1.57. The Morgan fingerprint density at radius 2 is 1.76 bits per heavy atom. The Hall–Kier alpha value is -2.16. The van der Waals surface area contributed by atoms with Crippen molar-refractivity contribution >= 4 is 16.4 Å². The van der Waals surface area contributed by atoms with Gasteiger partial charge in [0.1, 0.15) is 5.65 Å². The second-order valence-electron chi connectivity index (χ2n) is 4.20. The van der Waals surface area contributed by atoms with Gasteiger partial charge in [-0.25, -0.2) is 4.98 Å². The zero-order chi connectivity index (χ0) is 12.0. The van der Waals surface area contributed by atoms with E-state index in [1.807, 2.05) is 32.0 Å². The van der Waals surface area contributed by atoms with E-state index in [0.717, 1.165) is 27.7 Å². The van der Waals surface area contributed by atoms with E-state index in [0.29, 0.717) is 0 Å². The van der Waals surface area contributed by atoms with Crippen LogP contribution in [0.2, 0.25) is 0 Å². The highest BCUT2D eigenvalue weighted by atomic mass is 16.1. The van der Waals surface area contributed by atoms with Gasteiger partial charge in [-0.3, -0.25) is 9.20 Å². The lowest BCUT2D eigenvalue weighted by atomic mass is 10.1. The minimum absolute atomic E-state index is 0.0265. The van der Waals surface area contributed by atoms with Crippen molar-refractivity contribution < 1.29 is 0 Å². The number of benzene rings is 1. The van der Waals surface area contributed by atoms with E-state index in [2.05, 4.69) is 11.1 Å². The molecule has 0 amide bonds. The molecule has 0 radical (unpaired) electrons. The lowest BCUT2D eigenvalue weighted by Gasteiger charge is -2.11. The van der Waals surface area contributed by atoms with E-state index < -0.39 is 0 Å². The summed E-state index contributed by atoms with van der Waals surface area (Å²) in [5, 5.41) is 2.18. The maximum Gasteiger partial charge on any atom is 0.258 e. The topological polar surface area (TPSA) is 34.4 Å². The van der Waals surface area contributed by atoms with Gasteiger partial charge in [0.25, 0.3) is 5.56 Å². The lowest BCUT2D eigenvalue weighted by molar-refractivity contribution is 0.986. The molecular formula is C14H12N2O. The van der Waals surface area contributed by atoms with Gasteiger partial charge in [0.2, 0.25) is 0 Å². The van der Waals surface area contributed by atoms with Crippen molar-refractivity contribution in [3.05, 3.63) is 58.1 Å². The van der Waals surface area contributed by atoms with Crippen LogP contribution < -0.4 is 5.56 Å². The number of hydrogen-bond acceptors (Lipinski definition) is 2. The van der Waals surface area contributed by atoms with E-state index in [1.54, 1.807) is 10.6 Å². The summed E-state index contributed by atoms with van der Waals surface area (Å²) in [6.45, 7) is 3.99. The molecule has 3 rings (SSSR count). The Kier molecular flexibility index (Phi) is 2.01. The van der Waals surface area contributed by atoms with Gasteiger partial charge in [-0.05, 0) is 24.8 Å². The first kappa shape index (κ1) is 10.0. The summed E-state index contributed by atoms with van der Waals surface area (Å²) in [6, 6.07) is 9.54. The second-order valence-corrected chi connectivity index (χ2v) is 4.20. The SMILES string of the molecule is Cc1c(C)n2c(=O)ccnc2c2ccccc12. The molecule has 84 valence electrons. The molecule has 1 aromatic carbocycles. The molecule has 0 fully saturated rings. The monoisotopic (exact) mass is 224 g/mol. The first-order chi connectivity index (χ1) is 8.20. The summed E-state index contributed by atoms with van der Waals surface area (Å²) in [7, 11) is 0. The normalized spacial score (nSPS) is 11.2. The molecule has 2 aromatic heterocycles. The van der Waals surface area contributed by atoms with Gasteiger partial charge in [-0.15, -0.1) is 0 Å². The Balaban J connectivity index is 2.75. The number of rotatable bonds is 0. The average Bonchev–Trinajstić information content (AvgIpc) is 2.36. The second kappa shape index (κ2) is 3.42. The third kappa shape index (κ3) is 1.29. The summed E-state index contributed by atoms with van der Waals surface area (Å²) in [5.74, 6) is 0. The molecule has 3 heteroatoms. The summed E-state index contributed by atoms with van der Waals surface area (Å²) in [5.41, 5.74) is 2.79. The fourth-order valence-corrected chi connectivity index (χ4v) is 2.29. The van der Waals surface area contributed by atoms with Crippen molar-refractivity contribution in [3.8, 4) is 0 Å². The van der Waals surface area contributed by atoms with Crippen LogP contribution in [0, 0.1) is 13.8 Å². The average molecular weight is 224 g/mol. The van der Waals surface area contributed by atoms with Crippen molar-refractivity contribution in [2.75, 3.05) is 0 Å². The molecule has 0 unspecified atom stereocenters. The first-order valence-corrected chi connectivity index (χ1v) is 5.56.